The number of aliphatic hydroxyl groups is 1. The van der Waals surface area contributed by atoms with E-state index in [1.807, 2.05) is 0 Å². The molecule has 1 aromatic carbocycles. The normalized spacial score (nSPS) is 18.5. The van der Waals surface area contributed by atoms with Crippen LogP contribution in [0.2, 0.25) is 0 Å². The van der Waals surface area contributed by atoms with Gasteiger partial charge in [0.25, 0.3) is 5.91 Å². The highest BCUT2D eigenvalue weighted by atomic mass is 31.2. The van der Waals surface area contributed by atoms with Gasteiger partial charge in [0, 0.05) is 25.9 Å². The van der Waals surface area contributed by atoms with Gasteiger partial charge in [0.05, 0.1) is 19.6 Å². The molecular formula is C36H53N9O17P+. The van der Waals surface area contributed by atoms with E-state index in [2.05, 4.69) is 36.8 Å². The van der Waals surface area contributed by atoms with Crippen molar-refractivity contribution in [3.8, 4) is 0 Å². The first-order valence-corrected chi connectivity index (χ1v) is 21.1. The van der Waals surface area contributed by atoms with E-state index in [1.54, 1.807) is 30.3 Å². The number of nitrogens with two attached hydrogens (primary N) is 1. The number of hydrogen-bond acceptors (Lipinski definition) is 13. The van der Waals surface area contributed by atoms with Crippen molar-refractivity contribution >= 4 is 67.0 Å². The molecule has 1 aromatic rings. The number of phosphoric ester groups is 1. The summed E-state index contributed by atoms with van der Waals surface area (Å²) in [4.78, 5) is 149. The fraction of sp³-hybridized carbons (Fsp3) is 0.556. The van der Waals surface area contributed by atoms with Gasteiger partial charge in [0.15, 0.2) is 6.04 Å². The maximum absolute atomic E-state index is 13.9. The highest BCUT2D eigenvalue weighted by Crippen LogP contribution is 2.36. The van der Waals surface area contributed by atoms with Crippen molar-refractivity contribution in [2.24, 2.45) is 5.73 Å². The lowest BCUT2D eigenvalue weighted by Crippen LogP contribution is -2.70. The van der Waals surface area contributed by atoms with Gasteiger partial charge in [-0.05, 0) is 37.7 Å². The quantitative estimate of drug-likeness (QED) is 0.0429. The summed E-state index contributed by atoms with van der Waals surface area (Å²) < 4.78 is 16.2. The number of aliphatic hydroxyl groups excluding tert-OH is 1. The zero-order valence-corrected chi connectivity index (χ0v) is 34.8. The van der Waals surface area contributed by atoms with E-state index >= 15 is 0 Å². The van der Waals surface area contributed by atoms with Crippen LogP contribution in [0.3, 0.4) is 0 Å². The Labute approximate surface area is 359 Å². The van der Waals surface area contributed by atoms with Gasteiger partial charge in [0.2, 0.25) is 41.4 Å². The summed E-state index contributed by atoms with van der Waals surface area (Å²) in [5.41, 5.74) is 9.09. The van der Waals surface area contributed by atoms with E-state index < -0.39 is 135 Å². The lowest BCUT2D eigenvalue weighted by Gasteiger charge is -2.30. The minimum absolute atomic E-state index is 0.0225. The Morgan fingerprint density at radius 3 is 1.90 bits per heavy atom. The smallest absolute Gasteiger partial charge is 0.469 e. The maximum atomic E-state index is 13.9. The largest absolute Gasteiger partial charge is 0.481 e. The van der Waals surface area contributed by atoms with Gasteiger partial charge in [0.1, 0.15) is 42.9 Å². The van der Waals surface area contributed by atoms with E-state index in [0.29, 0.717) is 5.56 Å². The fourth-order valence-corrected chi connectivity index (χ4v) is 7.12. The van der Waals surface area contributed by atoms with E-state index in [0.717, 1.165) is 9.80 Å². The first-order valence-electron chi connectivity index (χ1n) is 19.6. The van der Waals surface area contributed by atoms with Gasteiger partial charge < -0.3 is 73.0 Å². The number of aliphatic carboxylic acids is 2. The number of carbonyl (C=O) groups is 10. The Bertz CT molecular complexity index is 1920. The van der Waals surface area contributed by atoms with Crippen LogP contribution in [-0.2, 0) is 63.5 Å². The van der Waals surface area contributed by atoms with Crippen LogP contribution in [0.15, 0.2) is 30.3 Å². The number of rotatable bonds is 24. The van der Waals surface area contributed by atoms with Crippen LogP contribution in [-0.4, -0.2) is 169 Å². The number of phosphoric acid groups is 1. The summed E-state index contributed by atoms with van der Waals surface area (Å²) in [6, 6.07) is -1.94. The first-order chi connectivity index (χ1) is 29.6. The SMILES string of the molecule is NC(=O)CC[C@H](NC(=O)[C@H](Cc1ccccc1)NC(=O)[C@@H]1CCCN1C(=O)[C@H](COP(=O)(O)O)NC(=O)CNC(=O)[C@@H]1CCCN1C(=O)[C@H](CC(=O)O)NC(=O)[C@@H]([NH3+])CO)C(=O)O. The van der Waals surface area contributed by atoms with Crippen LogP contribution in [0.4, 0.5) is 0 Å². The molecular weight excluding hydrogens is 861 g/mol. The van der Waals surface area contributed by atoms with Gasteiger partial charge in [-0.15, -0.1) is 0 Å². The van der Waals surface area contributed by atoms with Gasteiger partial charge in [-0.3, -0.25) is 47.7 Å². The zero-order chi connectivity index (χ0) is 47.0. The molecule has 2 saturated heterocycles. The Morgan fingerprint density at radius 2 is 1.37 bits per heavy atom. The summed E-state index contributed by atoms with van der Waals surface area (Å²) in [5, 5.41) is 39.7. The van der Waals surface area contributed by atoms with Crippen molar-refractivity contribution in [2.45, 2.75) is 93.7 Å². The summed E-state index contributed by atoms with van der Waals surface area (Å²) in [5.74, 6) is -10.4. The van der Waals surface area contributed by atoms with Crippen molar-refractivity contribution in [1.29, 1.82) is 0 Å². The summed E-state index contributed by atoms with van der Waals surface area (Å²) in [7, 11) is -5.26. The minimum atomic E-state index is -5.26. The van der Waals surface area contributed by atoms with Crippen molar-refractivity contribution in [3.63, 3.8) is 0 Å². The van der Waals surface area contributed by atoms with Crippen LogP contribution in [0, 0.1) is 0 Å². The second-order valence-corrected chi connectivity index (χ2v) is 15.9. The van der Waals surface area contributed by atoms with E-state index in [9.17, 15) is 77.6 Å². The van der Waals surface area contributed by atoms with E-state index in [4.69, 9.17) is 5.73 Å². The second-order valence-electron chi connectivity index (χ2n) is 14.7. The van der Waals surface area contributed by atoms with Gasteiger partial charge >= 0.3 is 19.8 Å². The molecule has 2 aliphatic rings. The van der Waals surface area contributed by atoms with Crippen molar-refractivity contribution in [2.75, 3.05) is 32.8 Å². The minimum Gasteiger partial charge on any atom is -0.481 e. The van der Waals surface area contributed by atoms with Crippen LogP contribution in [0.25, 0.3) is 0 Å². The highest BCUT2D eigenvalue weighted by molar-refractivity contribution is 7.46. The number of nitrogens with zero attached hydrogens (tertiary/aromatic N) is 2. The maximum Gasteiger partial charge on any atom is 0.469 e. The first kappa shape index (κ1) is 51.3. The number of carboxylic acid groups (broad SMARTS) is 2. The molecule has 2 heterocycles. The zero-order valence-electron chi connectivity index (χ0n) is 33.9. The number of carboxylic acids is 2. The molecule has 0 spiro atoms. The molecule has 348 valence electrons. The number of nitrogens with one attached hydrogen (secondary N) is 5. The number of hydrogen-bond donors (Lipinski definition) is 12. The molecule has 7 atom stereocenters. The Hall–Kier alpha value is -6.05. The van der Waals surface area contributed by atoms with Crippen LogP contribution >= 0.6 is 7.82 Å². The van der Waals surface area contributed by atoms with Crippen molar-refractivity contribution < 1.29 is 87.9 Å². The predicted octanol–water partition coefficient (Wildman–Crippen LogP) is -6.20. The summed E-state index contributed by atoms with van der Waals surface area (Å²) in [6.07, 6.45) is -1.14. The second kappa shape index (κ2) is 24.0. The van der Waals surface area contributed by atoms with Gasteiger partial charge in [-0.2, -0.15) is 0 Å². The molecule has 0 bridgehead atoms. The molecule has 27 heteroatoms. The Morgan fingerprint density at radius 1 is 0.794 bits per heavy atom. The fourth-order valence-electron chi connectivity index (χ4n) is 6.77. The molecule has 0 radical (unpaired) electrons. The van der Waals surface area contributed by atoms with Gasteiger partial charge in [-0.1, -0.05) is 30.3 Å². The molecule has 0 aromatic heterocycles. The summed E-state index contributed by atoms with van der Waals surface area (Å²) >= 11 is 0. The average molecular weight is 915 g/mol. The highest BCUT2D eigenvalue weighted by Gasteiger charge is 2.42. The van der Waals surface area contributed by atoms with Crippen LogP contribution < -0.4 is 38.1 Å². The van der Waals surface area contributed by atoms with E-state index in [1.165, 1.54) is 0 Å². The number of carbonyl (C=O) groups excluding carboxylic acids is 8. The molecule has 2 aliphatic heterocycles. The predicted molar refractivity (Wildman–Crippen MR) is 210 cm³/mol. The van der Waals surface area contributed by atoms with Crippen LogP contribution in [0.5, 0.6) is 0 Å². The monoisotopic (exact) mass is 914 g/mol. The molecule has 63 heavy (non-hydrogen) atoms. The molecule has 26 nitrogen and oxygen atoms in total. The Kier molecular flexibility index (Phi) is 19.5. The standard InChI is InChI=1S/C36H52N9O17P/c37-20(17-46)30(51)43-23(15-29(49)50)34(55)44-12-4-8-25(44)32(53)39-16-28(48)40-24(18-62-63(59,60)61)35(56)45-13-5-9-26(45)33(54)42-22(14-19-6-2-1-3-7-19)31(52)41-21(36(57)58)10-11-27(38)47/h1-3,6-7,20-26,46H,4-5,8-18,37H2,(H2,38,47)(H,39,53)(H,40,48)(H,41,52)(H,42,54)(H,43,51)(H,49,50)(H,57,58)(H2,59,60,61)/p+1/t20-,21-,22-,23-,24-,25-,26-/m0/s1. The van der Waals surface area contributed by atoms with Crippen LogP contribution in [0.1, 0.15) is 50.5 Å². The van der Waals surface area contributed by atoms with Crippen molar-refractivity contribution in [3.05, 3.63) is 35.9 Å². The average Bonchev–Trinajstić information content (AvgIpc) is 3.92. The molecule has 0 saturated carbocycles. The van der Waals surface area contributed by atoms with E-state index in [-0.39, 0.29) is 58.0 Å². The summed E-state index contributed by atoms with van der Waals surface area (Å²) in [6.45, 7) is -2.80. The molecule has 8 amide bonds. The lowest BCUT2D eigenvalue weighted by atomic mass is 10.0. The lowest BCUT2D eigenvalue weighted by molar-refractivity contribution is -0.409. The third-order valence-corrected chi connectivity index (χ3v) is 10.4. The number of quaternary nitrogens is 1. The molecule has 0 aliphatic carbocycles. The Balaban J connectivity index is 1.74. The van der Waals surface area contributed by atoms with Crippen molar-refractivity contribution in [1.82, 2.24) is 36.4 Å². The molecule has 2 fully saturated rings. The number of likely N-dealkylation sites (tertiary alicyclic amines) is 2. The third-order valence-electron chi connectivity index (χ3n) is 9.94. The number of amides is 8. The topological polar surface area (TPSA) is 418 Å². The van der Waals surface area contributed by atoms with Gasteiger partial charge in [-0.25, -0.2) is 9.36 Å². The molecule has 15 N–H and O–H groups in total. The number of benzene rings is 1. The number of primary amides is 1. The third kappa shape index (κ3) is 16.3. The molecule has 0 unspecified atom stereocenters. The molecule has 3 rings (SSSR count).